The molecule has 0 aliphatic rings. The molecule has 1 aromatic heterocycles. The van der Waals surface area contributed by atoms with Gasteiger partial charge in [-0.1, -0.05) is 11.6 Å². The fourth-order valence-electron chi connectivity index (χ4n) is 1.30. The molecular weight excluding hydrogens is 242 g/mol. The fraction of sp³-hybridized carbons (Fsp3) is 0.182. The van der Waals surface area contributed by atoms with Crippen LogP contribution in [0.5, 0.6) is 5.75 Å². The van der Waals surface area contributed by atoms with Gasteiger partial charge in [-0.3, -0.25) is 4.79 Å². The van der Waals surface area contributed by atoms with Crippen molar-refractivity contribution in [3.63, 3.8) is 0 Å². The molecule has 0 spiro atoms. The van der Waals surface area contributed by atoms with Gasteiger partial charge < -0.3 is 4.74 Å². The van der Waals surface area contributed by atoms with Crippen LogP contribution in [-0.4, -0.2) is 20.5 Å². The van der Waals surface area contributed by atoms with Crippen molar-refractivity contribution in [2.75, 3.05) is 0 Å². The van der Waals surface area contributed by atoms with Crippen LogP contribution in [0.2, 0.25) is 5.02 Å². The maximum Gasteiger partial charge on any atom is 0.251 e. The highest BCUT2D eigenvalue weighted by Gasteiger charge is 2.18. The molecule has 0 aliphatic carbocycles. The number of hydrogen-bond acceptors (Lipinski definition) is 4. The number of carbonyl (C=O) groups excluding carboxylic acids is 1. The summed E-state index contributed by atoms with van der Waals surface area (Å²) in [5.74, 6) is 0.385. The van der Waals surface area contributed by atoms with Gasteiger partial charge in [0.25, 0.3) is 6.23 Å². The topological polar surface area (TPSA) is 57.0 Å². The molecular formula is C11H10ClN3O2. The molecule has 88 valence electrons. The van der Waals surface area contributed by atoms with Crippen molar-refractivity contribution in [2.24, 2.45) is 0 Å². The number of rotatable bonds is 4. The van der Waals surface area contributed by atoms with Crippen molar-refractivity contribution in [2.45, 2.75) is 13.2 Å². The number of ether oxygens (including phenoxy) is 1. The second-order valence-electron chi connectivity index (χ2n) is 3.41. The third-order valence-corrected chi connectivity index (χ3v) is 2.34. The van der Waals surface area contributed by atoms with E-state index >= 15 is 0 Å². The molecule has 0 N–H and O–H groups in total. The molecule has 0 aliphatic heterocycles. The summed E-state index contributed by atoms with van der Waals surface area (Å²) in [5.41, 5.74) is 0. The van der Waals surface area contributed by atoms with E-state index in [1.165, 1.54) is 24.3 Å². The molecule has 0 fully saturated rings. The number of aromatic nitrogens is 3. The summed E-state index contributed by atoms with van der Waals surface area (Å²) in [5, 5.41) is 4.49. The molecule has 2 rings (SSSR count). The van der Waals surface area contributed by atoms with E-state index < -0.39 is 6.23 Å². The zero-order valence-corrected chi connectivity index (χ0v) is 9.83. The third kappa shape index (κ3) is 2.82. The lowest BCUT2D eigenvalue weighted by molar-refractivity contribution is -0.128. The number of benzene rings is 1. The van der Waals surface area contributed by atoms with Gasteiger partial charge in [0.15, 0.2) is 5.78 Å². The van der Waals surface area contributed by atoms with E-state index in [9.17, 15) is 4.79 Å². The van der Waals surface area contributed by atoms with Crippen molar-refractivity contribution in [1.82, 2.24) is 14.8 Å². The maximum absolute atomic E-state index is 11.5. The Labute approximate surface area is 103 Å². The summed E-state index contributed by atoms with van der Waals surface area (Å²) in [6, 6.07) is 6.76. The minimum atomic E-state index is -0.807. The predicted octanol–water partition coefficient (Wildman–Crippen LogP) is 2.10. The fourth-order valence-corrected chi connectivity index (χ4v) is 1.43. The SMILES string of the molecule is CC(=O)C(Oc1ccc(Cl)cc1)n1cncn1. The van der Waals surface area contributed by atoms with Crippen LogP contribution in [0.15, 0.2) is 36.9 Å². The highest BCUT2D eigenvalue weighted by molar-refractivity contribution is 6.30. The summed E-state index contributed by atoms with van der Waals surface area (Å²) in [4.78, 5) is 15.3. The number of halogens is 1. The van der Waals surface area contributed by atoms with Crippen LogP contribution in [0.1, 0.15) is 13.2 Å². The maximum atomic E-state index is 11.5. The summed E-state index contributed by atoms with van der Waals surface area (Å²) in [6.45, 7) is 1.43. The Morgan fingerprint density at radius 3 is 2.65 bits per heavy atom. The first kappa shape index (κ1) is 11.6. The van der Waals surface area contributed by atoms with E-state index in [2.05, 4.69) is 10.1 Å². The van der Waals surface area contributed by atoms with E-state index in [0.717, 1.165) is 0 Å². The zero-order valence-electron chi connectivity index (χ0n) is 9.08. The van der Waals surface area contributed by atoms with Gasteiger partial charge in [0, 0.05) is 11.9 Å². The van der Waals surface area contributed by atoms with Crippen LogP contribution < -0.4 is 4.74 Å². The molecule has 0 amide bonds. The van der Waals surface area contributed by atoms with Crippen molar-refractivity contribution >= 4 is 17.4 Å². The van der Waals surface area contributed by atoms with Crippen LogP contribution in [0.25, 0.3) is 0 Å². The number of ketones is 1. The Hall–Kier alpha value is -1.88. The first-order valence-corrected chi connectivity index (χ1v) is 5.31. The monoisotopic (exact) mass is 251 g/mol. The van der Waals surface area contributed by atoms with Gasteiger partial charge >= 0.3 is 0 Å². The molecule has 1 heterocycles. The lowest BCUT2D eigenvalue weighted by Crippen LogP contribution is -2.23. The number of carbonyl (C=O) groups is 1. The van der Waals surface area contributed by atoms with Crippen LogP contribution in [0, 0.1) is 0 Å². The molecule has 2 aromatic rings. The lowest BCUT2D eigenvalue weighted by Gasteiger charge is -2.15. The smallest absolute Gasteiger partial charge is 0.251 e. The normalized spacial score (nSPS) is 12.1. The minimum Gasteiger partial charge on any atom is -0.461 e. The highest BCUT2D eigenvalue weighted by Crippen LogP contribution is 2.20. The standard InChI is InChI=1S/C11H10ClN3O2/c1-8(16)11(15-7-13-6-14-15)17-10-4-2-9(12)3-5-10/h2-7,11H,1H3. The van der Waals surface area contributed by atoms with Gasteiger partial charge in [0.2, 0.25) is 0 Å². The van der Waals surface area contributed by atoms with Crippen molar-refractivity contribution in [1.29, 1.82) is 0 Å². The number of nitrogens with zero attached hydrogens (tertiary/aromatic N) is 3. The van der Waals surface area contributed by atoms with E-state index in [0.29, 0.717) is 10.8 Å². The van der Waals surface area contributed by atoms with Gasteiger partial charge in [0.05, 0.1) is 0 Å². The van der Waals surface area contributed by atoms with E-state index in [4.69, 9.17) is 16.3 Å². The van der Waals surface area contributed by atoms with Crippen molar-refractivity contribution < 1.29 is 9.53 Å². The average Bonchev–Trinajstić information content (AvgIpc) is 2.81. The Balaban J connectivity index is 2.19. The van der Waals surface area contributed by atoms with Gasteiger partial charge in [-0.05, 0) is 24.3 Å². The Morgan fingerprint density at radius 1 is 1.41 bits per heavy atom. The Bertz CT molecular complexity index is 496. The first-order chi connectivity index (χ1) is 8.16. The third-order valence-electron chi connectivity index (χ3n) is 2.09. The molecule has 5 nitrogen and oxygen atoms in total. The van der Waals surface area contributed by atoms with Gasteiger partial charge in [0.1, 0.15) is 18.4 Å². The second-order valence-corrected chi connectivity index (χ2v) is 3.85. The molecule has 0 radical (unpaired) electrons. The molecule has 0 saturated heterocycles. The van der Waals surface area contributed by atoms with Gasteiger partial charge in [-0.25, -0.2) is 9.67 Å². The van der Waals surface area contributed by atoms with Crippen LogP contribution >= 0.6 is 11.6 Å². The van der Waals surface area contributed by atoms with Crippen LogP contribution in [0.4, 0.5) is 0 Å². The first-order valence-electron chi connectivity index (χ1n) is 4.93. The summed E-state index contributed by atoms with van der Waals surface area (Å²) < 4.78 is 6.89. The molecule has 1 aromatic carbocycles. The number of hydrogen-bond donors (Lipinski definition) is 0. The van der Waals surface area contributed by atoms with E-state index in [1.807, 2.05) is 0 Å². The van der Waals surface area contributed by atoms with E-state index in [1.54, 1.807) is 24.3 Å². The van der Waals surface area contributed by atoms with Crippen LogP contribution in [-0.2, 0) is 4.79 Å². The molecule has 0 saturated carbocycles. The van der Waals surface area contributed by atoms with Gasteiger partial charge in [-0.15, -0.1) is 0 Å². The molecule has 1 unspecified atom stereocenters. The lowest BCUT2D eigenvalue weighted by atomic mass is 10.3. The Kier molecular flexibility index (Phi) is 3.39. The van der Waals surface area contributed by atoms with Crippen molar-refractivity contribution in [3.05, 3.63) is 41.9 Å². The molecule has 1 atom stereocenters. The van der Waals surface area contributed by atoms with Gasteiger partial charge in [-0.2, -0.15) is 5.10 Å². The zero-order chi connectivity index (χ0) is 12.3. The molecule has 17 heavy (non-hydrogen) atoms. The summed E-state index contributed by atoms with van der Waals surface area (Å²) in [6.07, 6.45) is 1.97. The Morgan fingerprint density at radius 2 is 2.12 bits per heavy atom. The second kappa shape index (κ2) is 4.97. The average molecular weight is 252 g/mol. The predicted molar refractivity (Wildman–Crippen MR) is 61.8 cm³/mol. The number of Topliss-reactive ketones (excluding diaryl/α,β-unsaturated/α-hetero) is 1. The van der Waals surface area contributed by atoms with Crippen molar-refractivity contribution in [3.8, 4) is 5.75 Å². The highest BCUT2D eigenvalue weighted by atomic mass is 35.5. The summed E-state index contributed by atoms with van der Waals surface area (Å²) in [7, 11) is 0. The quantitative estimate of drug-likeness (QED) is 0.835. The van der Waals surface area contributed by atoms with E-state index in [-0.39, 0.29) is 5.78 Å². The van der Waals surface area contributed by atoms with Crippen LogP contribution in [0.3, 0.4) is 0 Å². The molecule has 6 heteroatoms. The molecule has 0 bridgehead atoms. The minimum absolute atomic E-state index is 0.162. The summed E-state index contributed by atoms with van der Waals surface area (Å²) >= 11 is 5.76. The largest absolute Gasteiger partial charge is 0.461 e.